The summed E-state index contributed by atoms with van der Waals surface area (Å²) in [6.07, 6.45) is 4.34. The van der Waals surface area contributed by atoms with E-state index >= 15 is 0 Å². The molecule has 1 fully saturated rings. The minimum Gasteiger partial charge on any atom is -0.413 e. The fraction of sp³-hybridized carbons (Fsp3) is 0.600. The first kappa shape index (κ1) is 16.9. The Balaban J connectivity index is 1.81. The van der Waals surface area contributed by atoms with Gasteiger partial charge in [-0.3, -0.25) is 0 Å². The lowest BCUT2D eigenvalue weighted by atomic mass is 9.97. The minimum atomic E-state index is -1.57. The average Bonchev–Trinajstić information content (AvgIpc) is 3.39. The van der Waals surface area contributed by atoms with Crippen LogP contribution in [0.1, 0.15) is 39.7 Å². The largest absolute Gasteiger partial charge is 0.413 e. The molecule has 0 bridgehead atoms. The molecule has 2 aliphatic rings. The smallest absolute Gasteiger partial charge is 0.192 e. The minimum absolute atomic E-state index is 0.280. The van der Waals surface area contributed by atoms with Crippen LogP contribution in [-0.4, -0.2) is 26.6 Å². The van der Waals surface area contributed by atoms with Crippen LogP contribution < -0.4 is 0 Å². The molecule has 23 heavy (non-hydrogen) atoms. The number of hydrogen-bond acceptors (Lipinski definition) is 2. The highest BCUT2D eigenvalue weighted by Gasteiger charge is 2.50. The van der Waals surface area contributed by atoms with Gasteiger partial charge in [0.05, 0.1) is 12.2 Å². The summed E-state index contributed by atoms with van der Waals surface area (Å²) in [5, 5.41) is 0. The molecule has 0 spiro atoms. The maximum atomic E-state index is 6.81. The molecule has 4 atom stereocenters. The van der Waals surface area contributed by atoms with Gasteiger partial charge < -0.3 is 9.16 Å². The second-order valence-electron chi connectivity index (χ2n) is 7.04. The Morgan fingerprint density at radius 3 is 2.35 bits per heavy atom. The Bertz CT molecular complexity index is 542. The molecule has 1 aliphatic heterocycles. The standard InChI is InChI=1S/C20H30O2Si/c1-5-23(6-2,7-3)22-18-14-13-17(16-11-9-8-10-12-16)20-19(21-20)15(18)4/h8-13,15,18-20H,5-7,14H2,1-4H3/t15-,18-,19-,20+/m0/s1. The fourth-order valence-electron chi connectivity index (χ4n) is 3.95. The van der Waals surface area contributed by atoms with Crippen molar-refractivity contribution in [1.29, 1.82) is 0 Å². The third-order valence-corrected chi connectivity index (χ3v) is 10.6. The van der Waals surface area contributed by atoms with Crippen LogP contribution >= 0.6 is 0 Å². The van der Waals surface area contributed by atoms with Crippen molar-refractivity contribution >= 4 is 13.9 Å². The summed E-state index contributed by atoms with van der Waals surface area (Å²) in [5.74, 6) is 0.481. The van der Waals surface area contributed by atoms with Gasteiger partial charge in [-0.05, 0) is 35.7 Å². The highest BCUT2D eigenvalue weighted by molar-refractivity contribution is 6.73. The Labute approximate surface area is 142 Å². The number of epoxide rings is 1. The van der Waals surface area contributed by atoms with Crippen molar-refractivity contribution < 1.29 is 9.16 Å². The topological polar surface area (TPSA) is 21.8 Å². The van der Waals surface area contributed by atoms with Gasteiger partial charge in [-0.1, -0.05) is 64.1 Å². The first-order valence-corrected chi connectivity index (χ1v) is 11.8. The summed E-state index contributed by atoms with van der Waals surface area (Å²) >= 11 is 0. The zero-order valence-electron chi connectivity index (χ0n) is 14.9. The van der Waals surface area contributed by atoms with Gasteiger partial charge in [0.2, 0.25) is 0 Å². The van der Waals surface area contributed by atoms with E-state index in [0.717, 1.165) is 6.42 Å². The molecule has 0 aromatic heterocycles. The van der Waals surface area contributed by atoms with Crippen molar-refractivity contribution in [3.05, 3.63) is 42.0 Å². The van der Waals surface area contributed by atoms with E-state index in [0.29, 0.717) is 18.1 Å². The van der Waals surface area contributed by atoms with Crippen molar-refractivity contribution in [1.82, 2.24) is 0 Å². The molecule has 3 heteroatoms. The monoisotopic (exact) mass is 330 g/mol. The Morgan fingerprint density at radius 2 is 1.74 bits per heavy atom. The van der Waals surface area contributed by atoms with Crippen molar-refractivity contribution in [3.63, 3.8) is 0 Å². The van der Waals surface area contributed by atoms with E-state index in [-0.39, 0.29) is 6.10 Å². The van der Waals surface area contributed by atoms with Gasteiger partial charge in [0.1, 0.15) is 6.10 Å². The summed E-state index contributed by atoms with van der Waals surface area (Å²) in [4.78, 5) is 0. The normalized spacial score (nSPS) is 30.3. The van der Waals surface area contributed by atoms with Crippen LogP contribution in [0, 0.1) is 5.92 Å². The second kappa shape index (κ2) is 6.92. The number of ether oxygens (including phenoxy) is 1. The van der Waals surface area contributed by atoms with Gasteiger partial charge >= 0.3 is 0 Å². The Kier molecular flexibility index (Phi) is 5.09. The molecule has 0 radical (unpaired) electrons. The van der Waals surface area contributed by atoms with Crippen LogP contribution in [0.3, 0.4) is 0 Å². The predicted octanol–water partition coefficient (Wildman–Crippen LogP) is 5.27. The van der Waals surface area contributed by atoms with Gasteiger partial charge in [-0.25, -0.2) is 0 Å². The fourth-order valence-corrected chi connectivity index (χ4v) is 6.90. The van der Waals surface area contributed by atoms with Gasteiger partial charge in [0.25, 0.3) is 0 Å². The number of hydrogen-bond donors (Lipinski definition) is 0. The molecule has 3 rings (SSSR count). The molecule has 0 unspecified atom stereocenters. The van der Waals surface area contributed by atoms with E-state index in [2.05, 4.69) is 64.1 Å². The summed E-state index contributed by atoms with van der Waals surface area (Å²) in [6, 6.07) is 14.3. The van der Waals surface area contributed by atoms with Crippen LogP contribution in [0.25, 0.3) is 5.57 Å². The summed E-state index contributed by atoms with van der Waals surface area (Å²) in [6.45, 7) is 9.24. The zero-order chi connectivity index (χ0) is 16.4. The summed E-state index contributed by atoms with van der Waals surface area (Å²) in [7, 11) is -1.57. The third-order valence-electron chi connectivity index (χ3n) is 5.95. The van der Waals surface area contributed by atoms with Gasteiger partial charge in [0, 0.05) is 5.92 Å². The average molecular weight is 331 g/mol. The molecule has 1 aromatic carbocycles. The van der Waals surface area contributed by atoms with Crippen molar-refractivity contribution in [2.45, 2.75) is 70.6 Å². The molecule has 2 nitrogen and oxygen atoms in total. The Hall–Kier alpha value is -0.903. The molecule has 1 aliphatic carbocycles. The van der Waals surface area contributed by atoms with Gasteiger partial charge in [-0.2, -0.15) is 0 Å². The predicted molar refractivity (Wildman–Crippen MR) is 98.9 cm³/mol. The second-order valence-corrected chi connectivity index (χ2v) is 11.8. The quantitative estimate of drug-likeness (QED) is 0.523. The SMILES string of the molecule is CC[Si](CC)(CC)O[C@H]1CC=C(c2ccccc2)[C@H]2O[C@H]2[C@H]1C. The lowest BCUT2D eigenvalue weighted by Gasteiger charge is -2.35. The van der Waals surface area contributed by atoms with E-state index in [1.807, 2.05) is 0 Å². The van der Waals surface area contributed by atoms with Gasteiger partial charge in [0.15, 0.2) is 8.32 Å². The van der Waals surface area contributed by atoms with Crippen LogP contribution in [0.15, 0.2) is 36.4 Å². The van der Waals surface area contributed by atoms with E-state index in [1.165, 1.54) is 29.3 Å². The first-order chi connectivity index (χ1) is 11.1. The van der Waals surface area contributed by atoms with E-state index in [9.17, 15) is 0 Å². The summed E-state index contributed by atoms with van der Waals surface area (Å²) in [5.41, 5.74) is 2.67. The van der Waals surface area contributed by atoms with E-state index in [1.54, 1.807) is 0 Å². The lowest BCUT2D eigenvalue weighted by molar-refractivity contribution is 0.113. The molecule has 1 heterocycles. The molecule has 0 amide bonds. The lowest BCUT2D eigenvalue weighted by Crippen LogP contribution is -2.42. The van der Waals surface area contributed by atoms with Crippen molar-refractivity contribution in [2.24, 2.45) is 5.92 Å². The molecule has 0 N–H and O–H groups in total. The third kappa shape index (κ3) is 3.33. The summed E-state index contributed by atoms with van der Waals surface area (Å²) < 4.78 is 12.9. The van der Waals surface area contributed by atoms with Crippen LogP contribution in [-0.2, 0) is 9.16 Å². The first-order valence-electron chi connectivity index (χ1n) is 9.23. The highest BCUT2D eigenvalue weighted by atomic mass is 28.4. The molecule has 1 aromatic rings. The van der Waals surface area contributed by atoms with Crippen LogP contribution in [0.2, 0.25) is 18.1 Å². The van der Waals surface area contributed by atoms with Crippen LogP contribution in [0.5, 0.6) is 0 Å². The number of benzene rings is 1. The van der Waals surface area contributed by atoms with E-state index < -0.39 is 8.32 Å². The van der Waals surface area contributed by atoms with Crippen molar-refractivity contribution in [3.8, 4) is 0 Å². The molecular formula is C20H30O2Si. The number of rotatable bonds is 6. The maximum absolute atomic E-state index is 6.81. The molecule has 1 saturated heterocycles. The Morgan fingerprint density at radius 1 is 1.09 bits per heavy atom. The zero-order valence-corrected chi connectivity index (χ0v) is 15.9. The van der Waals surface area contributed by atoms with E-state index in [4.69, 9.17) is 9.16 Å². The van der Waals surface area contributed by atoms with Gasteiger partial charge in [-0.15, -0.1) is 0 Å². The van der Waals surface area contributed by atoms with Crippen LogP contribution in [0.4, 0.5) is 0 Å². The molecule has 126 valence electrons. The maximum Gasteiger partial charge on any atom is 0.192 e. The van der Waals surface area contributed by atoms with Crippen molar-refractivity contribution in [2.75, 3.05) is 0 Å². The molecule has 0 saturated carbocycles. The highest BCUT2D eigenvalue weighted by Crippen LogP contribution is 2.45. The molecular weight excluding hydrogens is 300 g/mol. The number of fused-ring (bicyclic) bond motifs is 1.